The fourth-order valence-electron chi connectivity index (χ4n) is 4.42. The molecular formula is C25H24O11. The highest BCUT2D eigenvalue weighted by Crippen LogP contribution is 2.42. The number of carbonyl (C=O) groups excluding carboxylic acids is 4. The summed E-state index contributed by atoms with van der Waals surface area (Å²) in [7, 11) is 0. The zero-order chi connectivity index (χ0) is 26.5. The summed E-state index contributed by atoms with van der Waals surface area (Å²) in [6.45, 7) is 5.32. The topological polar surface area (TPSA) is 166 Å². The minimum Gasteiger partial charge on any atom is -0.507 e. The van der Waals surface area contributed by atoms with Crippen molar-refractivity contribution in [1.29, 1.82) is 0 Å². The van der Waals surface area contributed by atoms with Crippen molar-refractivity contribution in [3.8, 4) is 17.2 Å². The Morgan fingerprint density at radius 2 is 1.53 bits per heavy atom. The maximum absolute atomic E-state index is 13.5. The molecule has 0 bridgehead atoms. The Balaban J connectivity index is 1.80. The number of phenolic OH excluding ortho intramolecular Hbond substituents is 2. The number of aromatic hydroxyl groups is 2. The predicted molar refractivity (Wildman–Crippen MR) is 120 cm³/mol. The van der Waals surface area contributed by atoms with E-state index in [9.17, 15) is 34.5 Å². The van der Waals surface area contributed by atoms with Crippen molar-refractivity contribution in [3.05, 3.63) is 52.1 Å². The zero-order valence-electron chi connectivity index (χ0n) is 19.8. The summed E-state index contributed by atoms with van der Waals surface area (Å²) in [5.41, 5.74) is -0.470. The summed E-state index contributed by atoms with van der Waals surface area (Å²) in [5, 5.41) is 31.3. The first-order valence-corrected chi connectivity index (χ1v) is 11.0. The second-order valence-corrected chi connectivity index (χ2v) is 8.66. The molecule has 2 aromatic carbocycles. The van der Waals surface area contributed by atoms with E-state index in [0.29, 0.717) is 5.56 Å². The highest BCUT2D eigenvalue weighted by Gasteiger charge is 2.50. The van der Waals surface area contributed by atoms with Crippen molar-refractivity contribution in [2.24, 2.45) is 0 Å². The number of fused-ring (bicyclic) bond motifs is 2. The van der Waals surface area contributed by atoms with E-state index >= 15 is 0 Å². The Bertz CT molecular complexity index is 1280. The van der Waals surface area contributed by atoms with Gasteiger partial charge in [0.1, 0.15) is 23.4 Å². The number of ether oxygens (including phenoxy) is 4. The van der Waals surface area contributed by atoms with Crippen LogP contribution in [0.2, 0.25) is 0 Å². The molecule has 0 radical (unpaired) electrons. The first-order chi connectivity index (χ1) is 16.9. The number of rotatable bonds is 4. The molecule has 0 saturated carbocycles. The first kappa shape index (κ1) is 25.1. The van der Waals surface area contributed by atoms with Crippen molar-refractivity contribution >= 4 is 23.5 Å². The van der Waals surface area contributed by atoms with Crippen molar-refractivity contribution in [2.75, 3.05) is 0 Å². The minimum atomic E-state index is -1.47. The quantitative estimate of drug-likeness (QED) is 0.445. The Labute approximate surface area is 205 Å². The van der Waals surface area contributed by atoms with Gasteiger partial charge in [0.05, 0.1) is 22.8 Å². The SMILES string of the molecule is CC(=O)OC1C(Oc2ccc(O)c3c2C(=O)c2cc(C)cc(O)c2C3=O)OC(C)C(O)C1OC(C)=O. The second-order valence-electron chi connectivity index (χ2n) is 8.66. The van der Waals surface area contributed by atoms with Gasteiger partial charge in [-0.25, -0.2) is 0 Å². The third-order valence-corrected chi connectivity index (χ3v) is 5.94. The van der Waals surface area contributed by atoms with Crippen LogP contribution < -0.4 is 4.74 Å². The Hall–Kier alpha value is -3.96. The molecule has 4 rings (SSSR count). The van der Waals surface area contributed by atoms with Gasteiger partial charge in [0.15, 0.2) is 11.9 Å². The van der Waals surface area contributed by atoms with Crippen LogP contribution >= 0.6 is 0 Å². The average Bonchev–Trinajstić information content (AvgIpc) is 2.78. The van der Waals surface area contributed by atoms with E-state index in [1.807, 2.05) is 0 Å². The molecule has 5 atom stereocenters. The summed E-state index contributed by atoms with van der Waals surface area (Å²) in [6.07, 6.45) is -6.58. The molecule has 1 fully saturated rings. The highest BCUT2D eigenvalue weighted by atomic mass is 16.7. The van der Waals surface area contributed by atoms with Gasteiger partial charge < -0.3 is 34.3 Å². The number of ketones is 2. The lowest BCUT2D eigenvalue weighted by Crippen LogP contribution is -2.61. The van der Waals surface area contributed by atoms with E-state index in [2.05, 4.69) is 0 Å². The van der Waals surface area contributed by atoms with Crippen LogP contribution in [0.4, 0.5) is 0 Å². The molecular weight excluding hydrogens is 476 g/mol. The lowest BCUT2D eigenvalue weighted by Gasteiger charge is -2.42. The Morgan fingerprint density at radius 1 is 0.889 bits per heavy atom. The number of phenols is 2. The van der Waals surface area contributed by atoms with E-state index in [1.165, 1.54) is 25.1 Å². The van der Waals surface area contributed by atoms with Crippen LogP contribution in [-0.2, 0) is 23.8 Å². The molecule has 36 heavy (non-hydrogen) atoms. The summed E-state index contributed by atoms with van der Waals surface area (Å²) >= 11 is 0. The van der Waals surface area contributed by atoms with Gasteiger partial charge in [-0.05, 0) is 43.7 Å². The Kier molecular flexibility index (Phi) is 6.46. The number of esters is 2. The molecule has 0 amide bonds. The molecule has 11 heteroatoms. The third kappa shape index (κ3) is 4.27. The fourth-order valence-corrected chi connectivity index (χ4v) is 4.42. The van der Waals surface area contributed by atoms with E-state index < -0.39 is 65.7 Å². The van der Waals surface area contributed by atoms with E-state index in [4.69, 9.17) is 18.9 Å². The van der Waals surface area contributed by atoms with Crippen LogP contribution in [0.25, 0.3) is 0 Å². The lowest BCUT2D eigenvalue weighted by atomic mass is 9.82. The summed E-state index contributed by atoms with van der Waals surface area (Å²) in [4.78, 5) is 50.1. The minimum absolute atomic E-state index is 0.0804. The number of benzene rings is 2. The van der Waals surface area contributed by atoms with Crippen LogP contribution in [0, 0.1) is 6.92 Å². The monoisotopic (exact) mass is 500 g/mol. The molecule has 1 heterocycles. The zero-order valence-corrected chi connectivity index (χ0v) is 19.8. The molecule has 0 aromatic heterocycles. The van der Waals surface area contributed by atoms with Crippen LogP contribution in [-0.4, -0.2) is 69.5 Å². The summed E-state index contributed by atoms with van der Waals surface area (Å²) < 4.78 is 22.0. The molecule has 5 unspecified atom stereocenters. The van der Waals surface area contributed by atoms with Gasteiger partial charge in [-0.15, -0.1) is 0 Å². The predicted octanol–water partition coefficient (Wildman–Crippen LogP) is 1.53. The molecule has 1 aliphatic carbocycles. The van der Waals surface area contributed by atoms with Gasteiger partial charge in [-0.2, -0.15) is 0 Å². The number of aliphatic hydroxyl groups excluding tert-OH is 1. The maximum atomic E-state index is 13.5. The highest BCUT2D eigenvalue weighted by molar-refractivity contribution is 6.31. The van der Waals surface area contributed by atoms with Crippen molar-refractivity contribution in [1.82, 2.24) is 0 Å². The van der Waals surface area contributed by atoms with Gasteiger partial charge in [-0.1, -0.05) is 0 Å². The van der Waals surface area contributed by atoms with E-state index in [-0.39, 0.29) is 28.0 Å². The molecule has 2 aromatic rings. The normalized spacial score (nSPS) is 25.0. The average molecular weight is 500 g/mol. The molecule has 0 spiro atoms. The van der Waals surface area contributed by atoms with Crippen molar-refractivity contribution in [2.45, 2.75) is 58.4 Å². The number of hydrogen-bond donors (Lipinski definition) is 3. The van der Waals surface area contributed by atoms with E-state index in [0.717, 1.165) is 19.9 Å². The molecule has 190 valence electrons. The van der Waals surface area contributed by atoms with Crippen LogP contribution in [0.3, 0.4) is 0 Å². The van der Waals surface area contributed by atoms with E-state index in [1.54, 1.807) is 6.92 Å². The van der Waals surface area contributed by atoms with Gasteiger partial charge >= 0.3 is 11.9 Å². The van der Waals surface area contributed by atoms with Gasteiger partial charge in [0.25, 0.3) is 0 Å². The maximum Gasteiger partial charge on any atom is 0.303 e. The van der Waals surface area contributed by atoms with Gasteiger partial charge in [0, 0.05) is 19.4 Å². The largest absolute Gasteiger partial charge is 0.507 e. The molecule has 2 aliphatic rings. The van der Waals surface area contributed by atoms with Gasteiger partial charge in [-0.3, -0.25) is 19.2 Å². The van der Waals surface area contributed by atoms with Crippen LogP contribution in [0.1, 0.15) is 58.2 Å². The summed E-state index contributed by atoms with van der Waals surface area (Å²) in [5.74, 6) is -4.13. The third-order valence-electron chi connectivity index (χ3n) is 5.94. The van der Waals surface area contributed by atoms with Crippen LogP contribution in [0.15, 0.2) is 24.3 Å². The fraction of sp³-hybridized carbons (Fsp3) is 0.360. The number of aryl methyl sites for hydroxylation is 1. The molecule has 3 N–H and O–H groups in total. The number of hydrogen-bond acceptors (Lipinski definition) is 11. The lowest BCUT2D eigenvalue weighted by molar-refractivity contribution is -0.277. The van der Waals surface area contributed by atoms with Crippen LogP contribution in [0.5, 0.6) is 17.2 Å². The van der Waals surface area contributed by atoms with Crippen molar-refractivity contribution in [3.63, 3.8) is 0 Å². The number of aliphatic hydroxyl groups is 1. The summed E-state index contributed by atoms with van der Waals surface area (Å²) in [6, 6.07) is 5.11. The first-order valence-electron chi connectivity index (χ1n) is 11.0. The smallest absolute Gasteiger partial charge is 0.303 e. The van der Waals surface area contributed by atoms with Gasteiger partial charge in [0.2, 0.25) is 18.2 Å². The molecule has 11 nitrogen and oxygen atoms in total. The molecule has 1 aliphatic heterocycles. The Morgan fingerprint density at radius 3 is 2.17 bits per heavy atom. The number of carbonyl (C=O) groups is 4. The standard InChI is InChI=1S/C25H24O11/c1-9-7-13-17(15(29)8-9)22(32)18-14(28)5-6-16(19(18)21(13)31)36-25-24(35-12(4)27)23(34-11(3)26)20(30)10(2)33-25/h5-8,10,20,23-25,28-30H,1-4H3. The second kappa shape index (κ2) is 9.25. The van der Waals surface area contributed by atoms with Crippen molar-refractivity contribution < 1.29 is 53.4 Å². The molecule has 1 saturated heterocycles.